The largest absolute Gasteiger partial charge is 0.463 e. The molecular formula is C20H28O3. The number of unbranched alkanes of at least 4 members (excludes halogenated alkanes) is 3. The van der Waals surface area contributed by atoms with Crippen molar-refractivity contribution in [3.8, 4) is 0 Å². The Bertz CT molecular complexity index is 489. The van der Waals surface area contributed by atoms with Crippen molar-refractivity contribution in [1.82, 2.24) is 0 Å². The molecule has 0 atom stereocenters. The summed E-state index contributed by atoms with van der Waals surface area (Å²) in [7, 11) is 0. The second-order valence-electron chi connectivity index (χ2n) is 5.42. The first-order chi connectivity index (χ1) is 11.2. The van der Waals surface area contributed by atoms with Crippen LogP contribution in [0.5, 0.6) is 0 Å². The first kappa shape index (κ1) is 19.2. The molecule has 1 rings (SSSR count). The zero-order valence-electron chi connectivity index (χ0n) is 14.3. The maximum atomic E-state index is 11.2. The number of rotatable bonds is 11. The number of allylic oxidation sites excluding steroid dienone is 3. The number of carbonyl (C=O) groups is 1. The summed E-state index contributed by atoms with van der Waals surface area (Å²) in [6.45, 7) is 5.72. The Morgan fingerprint density at radius 1 is 1.09 bits per heavy atom. The molecular weight excluding hydrogens is 288 g/mol. The number of carbonyl (C=O) groups excluding carboxylic acids is 1. The van der Waals surface area contributed by atoms with Gasteiger partial charge >= 0.3 is 5.97 Å². The van der Waals surface area contributed by atoms with E-state index in [0.717, 1.165) is 37.9 Å². The summed E-state index contributed by atoms with van der Waals surface area (Å²) in [4.78, 5) is 11.2. The summed E-state index contributed by atoms with van der Waals surface area (Å²) in [5.74, 6) is -0.282. The number of hydrogen-bond acceptors (Lipinski definition) is 3. The smallest absolute Gasteiger partial charge is 0.330 e. The summed E-state index contributed by atoms with van der Waals surface area (Å²) in [5, 5.41) is 0. The summed E-state index contributed by atoms with van der Waals surface area (Å²) in [5.41, 5.74) is 2.32. The standard InChI is InChI=1S/C20H28O3/c1-3-23-20(21)15-14-18(2)11-7-4-5-10-16-22-17-19-12-8-6-9-13-19/h6,8-9,11-15H,3-5,7,10,16-17H2,1-2H3/b15-14+,18-11+. The molecule has 0 N–H and O–H groups in total. The van der Waals surface area contributed by atoms with Crippen LogP contribution in [-0.2, 0) is 20.9 Å². The molecule has 0 amide bonds. The molecule has 0 fully saturated rings. The van der Waals surface area contributed by atoms with Crippen LogP contribution in [0.3, 0.4) is 0 Å². The average molecular weight is 316 g/mol. The predicted octanol–water partition coefficient (Wildman–Crippen LogP) is 4.83. The quantitative estimate of drug-likeness (QED) is 0.254. The molecule has 0 heterocycles. The van der Waals surface area contributed by atoms with Crippen molar-refractivity contribution in [3.05, 3.63) is 59.7 Å². The molecule has 0 saturated heterocycles. The topological polar surface area (TPSA) is 35.5 Å². The van der Waals surface area contributed by atoms with E-state index in [0.29, 0.717) is 13.2 Å². The molecule has 3 nitrogen and oxygen atoms in total. The van der Waals surface area contributed by atoms with E-state index < -0.39 is 0 Å². The zero-order valence-corrected chi connectivity index (χ0v) is 14.3. The predicted molar refractivity (Wildman–Crippen MR) is 94.1 cm³/mol. The van der Waals surface area contributed by atoms with Crippen LogP contribution in [0.25, 0.3) is 0 Å². The molecule has 126 valence electrons. The van der Waals surface area contributed by atoms with E-state index in [1.807, 2.05) is 25.1 Å². The van der Waals surface area contributed by atoms with Crippen molar-refractivity contribution < 1.29 is 14.3 Å². The minimum atomic E-state index is -0.282. The number of hydrogen-bond donors (Lipinski definition) is 0. The maximum Gasteiger partial charge on any atom is 0.330 e. The van der Waals surface area contributed by atoms with Crippen LogP contribution in [0.1, 0.15) is 45.1 Å². The lowest BCUT2D eigenvalue weighted by atomic mass is 10.1. The van der Waals surface area contributed by atoms with Gasteiger partial charge in [-0.2, -0.15) is 0 Å². The van der Waals surface area contributed by atoms with Gasteiger partial charge in [-0.3, -0.25) is 0 Å². The van der Waals surface area contributed by atoms with Gasteiger partial charge in [0.05, 0.1) is 13.2 Å². The fraction of sp³-hybridized carbons (Fsp3) is 0.450. The molecule has 0 saturated carbocycles. The van der Waals surface area contributed by atoms with Crippen molar-refractivity contribution in [1.29, 1.82) is 0 Å². The SMILES string of the molecule is CCOC(=O)/C=C/C(C)=C/CCCCCOCc1ccccc1. The highest BCUT2D eigenvalue weighted by molar-refractivity contribution is 5.82. The van der Waals surface area contributed by atoms with Gasteiger partial charge in [-0.05, 0) is 38.7 Å². The van der Waals surface area contributed by atoms with Crippen molar-refractivity contribution >= 4 is 5.97 Å². The second-order valence-corrected chi connectivity index (χ2v) is 5.42. The molecule has 3 heteroatoms. The lowest BCUT2D eigenvalue weighted by molar-refractivity contribution is -0.137. The van der Waals surface area contributed by atoms with E-state index >= 15 is 0 Å². The van der Waals surface area contributed by atoms with Crippen LogP contribution in [0, 0.1) is 0 Å². The van der Waals surface area contributed by atoms with Crippen molar-refractivity contribution in [2.24, 2.45) is 0 Å². The Balaban J connectivity index is 2.02. The van der Waals surface area contributed by atoms with Gasteiger partial charge in [-0.25, -0.2) is 4.79 Å². The minimum absolute atomic E-state index is 0.282. The third-order valence-corrected chi connectivity index (χ3v) is 3.34. The van der Waals surface area contributed by atoms with Crippen LogP contribution in [0.2, 0.25) is 0 Å². The van der Waals surface area contributed by atoms with Crippen molar-refractivity contribution in [2.75, 3.05) is 13.2 Å². The zero-order chi connectivity index (χ0) is 16.8. The van der Waals surface area contributed by atoms with Crippen LogP contribution >= 0.6 is 0 Å². The average Bonchev–Trinajstić information content (AvgIpc) is 2.56. The Labute approximate surface area is 140 Å². The molecule has 0 bridgehead atoms. The molecule has 1 aromatic carbocycles. The van der Waals surface area contributed by atoms with Gasteiger partial charge in [0.2, 0.25) is 0 Å². The molecule has 0 aliphatic carbocycles. The van der Waals surface area contributed by atoms with Crippen molar-refractivity contribution in [2.45, 2.75) is 46.1 Å². The lowest BCUT2D eigenvalue weighted by Gasteiger charge is -2.04. The number of esters is 1. The molecule has 0 aliphatic heterocycles. The normalized spacial score (nSPS) is 11.8. The van der Waals surface area contributed by atoms with Gasteiger partial charge in [-0.1, -0.05) is 54.5 Å². The minimum Gasteiger partial charge on any atom is -0.463 e. The first-order valence-electron chi connectivity index (χ1n) is 8.35. The van der Waals surface area contributed by atoms with Gasteiger partial charge in [0, 0.05) is 12.7 Å². The summed E-state index contributed by atoms with van der Waals surface area (Å²) >= 11 is 0. The highest BCUT2D eigenvalue weighted by atomic mass is 16.5. The van der Waals surface area contributed by atoms with Gasteiger partial charge < -0.3 is 9.47 Å². The Kier molecular flexibility index (Phi) is 10.5. The lowest BCUT2D eigenvalue weighted by Crippen LogP contribution is -1.98. The first-order valence-corrected chi connectivity index (χ1v) is 8.35. The molecule has 0 radical (unpaired) electrons. The van der Waals surface area contributed by atoms with Gasteiger partial charge in [-0.15, -0.1) is 0 Å². The van der Waals surface area contributed by atoms with Crippen LogP contribution < -0.4 is 0 Å². The third-order valence-electron chi connectivity index (χ3n) is 3.34. The fourth-order valence-corrected chi connectivity index (χ4v) is 2.08. The van der Waals surface area contributed by atoms with E-state index in [1.165, 1.54) is 11.6 Å². The molecule has 0 aromatic heterocycles. The molecule has 1 aromatic rings. The summed E-state index contributed by atoms with van der Waals surface area (Å²) in [6.07, 6.45) is 9.84. The van der Waals surface area contributed by atoms with E-state index in [-0.39, 0.29) is 5.97 Å². The third kappa shape index (κ3) is 10.5. The van der Waals surface area contributed by atoms with E-state index in [1.54, 1.807) is 13.0 Å². The maximum absolute atomic E-state index is 11.2. The summed E-state index contributed by atoms with van der Waals surface area (Å²) in [6, 6.07) is 10.2. The second kappa shape index (κ2) is 12.7. The van der Waals surface area contributed by atoms with Gasteiger partial charge in [0.1, 0.15) is 0 Å². The highest BCUT2D eigenvalue weighted by Gasteiger charge is 1.94. The molecule has 23 heavy (non-hydrogen) atoms. The van der Waals surface area contributed by atoms with Crippen LogP contribution in [-0.4, -0.2) is 19.2 Å². The van der Waals surface area contributed by atoms with Gasteiger partial charge in [0.25, 0.3) is 0 Å². The fourth-order valence-electron chi connectivity index (χ4n) is 2.08. The molecule has 0 spiro atoms. The van der Waals surface area contributed by atoms with E-state index in [2.05, 4.69) is 18.2 Å². The number of benzene rings is 1. The Hall–Kier alpha value is -1.87. The van der Waals surface area contributed by atoms with Crippen molar-refractivity contribution in [3.63, 3.8) is 0 Å². The number of ether oxygens (including phenoxy) is 2. The van der Waals surface area contributed by atoms with Gasteiger partial charge in [0.15, 0.2) is 0 Å². The van der Waals surface area contributed by atoms with Crippen LogP contribution in [0.4, 0.5) is 0 Å². The van der Waals surface area contributed by atoms with Crippen LogP contribution in [0.15, 0.2) is 54.1 Å². The van der Waals surface area contributed by atoms with E-state index in [9.17, 15) is 4.79 Å². The van der Waals surface area contributed by atoms with E-state index in [4.69, 9.17) is 9.47 Å². The monoisotopic (exact) mass is 316 g/mol. The molecule has 0 unspecified atom stereocenters. The Morgan fingerprint density at radius 2 is 1.87 bits per heavy atom. The molecule has 0 aliphatic rings. The highest BCUT2D eigenvalue weighted by Crippen LogP contribution is 2.06. The Morgan fingerprint density at radius 3 is 2.61 bits per heavy atom. The summed E-state index contributed by atoms with van der Waals surface area (Å²) < 4.78 is 10.5.